The van der Waals surface area contributed by atoms with Crippen molar-refractivity contribution in [1.82, 2.24) is 10.6 Å². The van der Waals surface area contributed by atoms with Crippen LogP contribution in [0.15, 0.2) is 36.4 Å². The van der Waals surface area contributed by atoms with Gasteiger partial charge in [-0.3, -0.25) is 4.79 Å². The van der Waals surface area contributed by atoms with Crippen LogP contribution in [0.25, 0.3) is 0 Å². The molecule has 152 valence electrons. The lowest BCUT2D eigenvalue weighted by Crippen LogP contribution is -2.21. The van der Waals surface area contributed by atoms with Crippen LogP contribution in [0.3, 0.4) is 0 Å². The SMILES string of the molecule is CNCCCNCc1cc(Cl)c(OCC(=O)Nc2ccc(C)cc2)c(OC)c1. The number of rotatable bonds is 11. The highest BCUT2D eigenvalue weighted by molar-refractivity contribution is 6.32. The molecule has 7 heteroatoms. The molecule has 0 aliphatic rings. The molecule has 6 nitrogen and oxygen atoms in total. The van der Waals surface area contributed by atoms with Crippen molar-refractivity contribution in [2.45, 2.75) is 19.9 Å². The average Bonchev–Trinajstić information content (AvgIpc) is 2.68. The van der Waals surface area contributed by atoms with Crippen LogP contribution in [0.2, 0.25) is 5.02 Å². The van der Waals surface area contributed by atoms with Gasteiger partial charge in [0.1, 0.15) is 0 Å². The Hall–Kier alpha value is -2.28. The lowest BCUT2D eigenvalue weighted by molar-refractivity contribution is -0.118. The van der Waals surface area contributed by atoms with Gasteiger partial charge in [-0.25, -0.2) is 0 Å². The topological polar surface area (TPSA) is 71.6 Å². The number of ether oxygens (including phenoxy) is 2. The highest BCUT2D eigenvalue weighted by atomic mass is 35.5. The molecular weight excluding hydrogens is 378 g/mol. The summed E-state index contributed by atoms with van der Waals surface area (Å²) < 4.78 is 11.0. The predicted molar refractivity (Wildman–Crippen MR) is 114 cm³/mol. The number of halogens is 1. The highest BCUT2D eigenvalue weighted by Crippen LogP contribution is 2.36. The fourth-order valence-electron chi connectivity index (χ4n) is 2.61. The van der Waals surface area contributed by atoms with Crippen molar-refractivity contribution in [2.24, 2.45) is 0 Å². The van der Waals surface area contributed by atoms with Crippen LogP contribution in [-0.2, 0) is 11.3 Å². The van der Waals surface area contributed by atoms with E-state index in [-0.39, 0.29) is 12.5 Å². The molecule has 0 heterocycles. The molecular formula is C21H28ClN3O3. The zero-order valence-electron chi connectivity index (χ0n) is 16.6. The van der Waals surface area contributed by atoms with E-state index >= 15 is 0 Å². The normalized spacial score (nSPS) is 10.6. The predicted octanol–water partition coefficient (Wildman–Crippen LogP) is 3.37. The Morgan fingerprint density at radius 1 is 1.14 bits per heavy atom. The molecule has 0 fully saturated rings. The summed E-state index contributed by atoms with van der Waals surface area (Å²) in [5, 5.41) is 9.67. The molecule has 0 saturated heterocycles. The van der Waals surface area contributed by atoms with Gasteiger partial charge < -0.3 is 25.4 Å². The third-order valence-electron chi connectivity index (χ3n) is 4.08. The number of nitrogens with one attached hydrogen (secondary N) is 3. The molecule has 0 spiro atoms. The van der Waals surface area contributed by atoms with Crippen molar-refractivity contribution < 1.29 is 14.3 Å². The van der Waals surface area contributed by atoms with Crippen molar-refractivity contribution >= 4 is 23.2 Å². The Labute approximate surface area is 171 Å². The van der Waals surface area contributed by atoms with Crippen molar-refractivity contribution in [1.29, 1.82) is 0 Å². The molecule has 0 radical (unpaired) electrons. The molecule has 0 bridgehead atoms. The van der Waals surface area contributed by atoms with E-state index in [9.17, 15) is 4.79 Å². The van der Waals surface area contributed by atoms with Crippen molar-refractivity contribution in [3.8, 4) is 11.5 Å². The lowest BCUT2D eigenvalue weighted by Gasteiger charge is -2.14. The summed E-state index contributed by atoms with van der Waals surface area (Å²) in [7, 11) is 3.49. The minimum atomic E-state index is -0.266. The number of anilines is 1. The zero-order valence-corrected chi connectivity index (χ0v) is 17.4. The second-order valence-corrected chi connectivity index (χ2v) is 6.85. The lowest BCUT2D eigenvalue weighted by atomic mass is 10.2. The maximum atomic E-state index is 12.1. The average molecular weight is 406 g/mol. The van der Waals surface area contributed by atoms with Gasteiger partial charge in [-0.2, -0.15) is 0 Å². The van der Waals surface area contributed by atoms with E-state index < -0.39 is 0 Å². The van der Waals surface area contributed by atoms with Gasteiger partial charge in [-0.05, 0) is 63.3 Å². The fraction of sp³-hybridized carbons (Fsp3) is 0.381. The largest absolute Gasteiger partial charge is 0.493 e. The van der Waals surface area contributed by atoms with Crippen LogP contribution in [0.5, 0.6) is 11.5 Å². The van der Waals surface area contributed by atoms with Crippen molar-refractivity contribution in [3.05, 3.63) is 52.5 Å². The summed E-state index contributed by atoms with van der Waals surface area (Å²) in [5.74, 6) is 0.599. The summed E-state index contributed by atoms with van der Waals surface area (Å²) in [4.78, 5) is 12.1. The summed E-state index contributed by atoms with van der Waals surface area (Å²) >= 11 is 6.36. The van der Waals surface area contributed by atoms with E-state index in [1.165, 1.54) is 0 Å². The van der Waals surface area contributed by atoms with Crippen LogP contribution in [-0.4, -0.2) is 39.8 Å². The summed E-state index contributed by atoms with van der Waals surface area (Å²) in [6, 6.07) is 11.2. The van der Waals surface area contributed by atoms with Gasteiger partial charge in [0.2, 0.25) is 0 Å². The first-order valence-electron chi connectivity index (χ1n) is 9.24. The van der Waals surface area contributed by atoms with E-state index in [1.807, 2.05) is 50.4 Å². The number of amides is 1. The van der Waals surface area contributed by atoms with E-state index in [1.54, 1.807) is 7.11 Å². The molecule has 0 aromatic heterocycles. The molecule has 1 amide bonds. The van der Waals surface area contributed by atoms with E-state index in [4.69, 9.17) is 21.1 Å². The van der Waals surface area contributed by atoms with Gasteiger partial charge in [0.05, 0.1) is 12.1 Å². The van der Waals surface area contributed by atoms with Gasteiger partial charge >= 0.3 is 0 Å². The van der Waals surface area contributed by atoms with Crippen molar-refractivity contribution in [3.63, 3.8) is 0 Å². The van der Waals surface area contributed by atoms with Crippen molar-refractivity contribution in [2.75, 3.05) is 39.2 Å². The molecule has 2 rings (SSSR count). The molecule has 2 aromatic carbocycles. The maximum absolute atomic E-state index is 12.1. The number of aryl methyl sites for hydroxylation is 1. The molecule has 3 N–H and O–H groups in total. The second-order valence-electron chi connectivity index (χ2n) is 6.45. The Balaban J connectivity index is 1.92. The molecule has 0 saturated carbocycles. The maximum Gasteiger partial charge on any atom is 0.262 e. The zero-order chi connectivity index (χ0) is 20.4. The van der Waals surface area contributed by atoms with Crippen LogP contribution in [0.1, 0.15) is 17.5 Å². The first-order chi connectivity index (χ1) is 13.5. The van der Waals surface area contributed by atoms with Crippen LogP contribution >= 0.6 is 11.6 Å². The molecule has 0 aliphatic carbocycles. The number of hydrogen-bond acceptors (Lipinski definition) is 5. The molecule has 2 aromatic rings. The Morgan fingerprint density at radius 2 is 1.89 bits per heavy atom. The van der Waals surface area contributed by atoms with Gasteiger partial charge in [0.15, 0.2) is 18.1 Å². The third-order valence-corrected chi connectivity index (χ3v) is 4.36. The van der Waals surface area contributed by atoms with Gasteiger partial charge in [0.25, 0.3) is 5.91 Å². The minimum absolute atomic E-state index is 0.161. The van der Waals surface area contributed by atoms with E-state index in [0.29, 0.717) is 23.1 Å². The van der Waals surface area contributed by atoms with Crippen LogP contribution < -0.4 is 25.4 Å². The smallest absolute Gasteiger partial charge is 0.262 e. The summed E-state index contributed by atoms with van der Waals surface area (Å²) in [5.41, 5.74) is 2.84. The molecule has 0 aliphatic heterocycles. The Morgan fingerprint density at radius 3 is 2.57 bits per heavy atom. The van der Waals surface area contributed by atoms with Gasteiger partial charge in [-0.1, -0.05) is 29.3 Å². The number of hydrogen-bond donors (Lipinski definition) is 3. The van der Waals surface area contributed by atoms with E-state index in [0.717, 1.165) is 36.3 Å². The number of methoxy groups -OCH3 is 1. The molecule has 28 heavy (non-hydrogen) atoms. The highest BCUT2D eigenvalue weighted by Gasteiger charge is 2.14. The first kappa shape index (κ1) is 22.0. The number of carbonyl (C=O) groups excluding carboxylic acids is 1. The van der Waals surface area contributed by atoms with Gasteiger partial charge in [-0.15, -0.1) is 0 Å². The third kappa shape index (κ3) is 7.03. The summed E-state index contributed by atoms with van der Waals surface area (Å²) in [6.07, 6.45) is 1.04. The van der Waals surface area contributed by atoms with E-state index in [2.05, 4.69) is 16.0 Å². The molecule has 0 atom stereocenters. The number of benzene rings is 2. The fourth-order valence-corrected chi connectivity index (χ4v) is 2.90. The quantitative estimate of drug-likeness (QED) is 0.500. The Kier molecular flexibility index (Phi) is 9.07. The first-order valence-corrected chi connectivity index (χ1v) is 9.62. The van der Waals surface area contributed by atoms with Crippen LogP contribution in [0.4, 0.5) is 5.69 Å². The monoisotopic (exact) mass is 405 g/mol. The molecule has 0 unspecified atom stereocenters. The Bertz CT molecular complexity index is 766. The van der Waals surface area contributed by atoms with Crippen LogP contribution in [0, 0.1) is 6.92 Å². The van der Waals surface area contributed by atoms with Gasteiger partial charge in [0, 0.05) is 12.2 Å². The second kappa shape index (κ2) is 11.5. The minimum Gasteiger partial charge on any atom is -0.493 e. The standard InChI is InChI=1S/C21H28ClN3O3/c1-15-5-7-17(8-6-15)25-20(26)14-28-21-18(22)11-16(12-19(21)27-3)13-24-10-4-9-23-2/h5-8,11-12,23-24H,4,9-10,13-14H2,1-3H3,(H,25,26). The summed E-state index contributed by atoms with van der Waals surface area (Å²) in [6.45, 7) is 4.37. The number of carbonyl (C=O) groups is 1.